The molecule has 23 heavy (non-hydrogen) atoms. The van der Waals surface area contributed by atoms with E-state index in [9.17, 15) is 14.7 Å². The van der Waals surface area contributed by atoms with Crippen LogP contribution >= 0.6 is 24.0 Å². The lowest BCUT2D eigenvalue weighted by Gasteiger charge is -2.30. The number of carbonyl (C=O) groups excluding carboxylic acids is 2. The van der Waals surface area contributed by atoms with E-state index in [4.69, 9.17) is 12.2 Å². The minimum Gasteiger partial charge on any atom is -0.548 e. The van der Waals surface area contributed by atoms with E-state index < -0.39 is 12.0 Å². The van der Waals surface area contributed by atoms with Crippen LogP contribution in [0.25, 0.3) is 6.08 Å². The molecule has 1 aromatic rings. The van der Waals surface area contributed by atoms with Crippen molar-refractivity contribution in [1.29, 1.82) is 0 Å². The second-order valence-corrected chi connectivity index (χ2v) is 7.33. The first-order chi connectivity index (χ1) is 10.8. The zero-order chi connectivity index (χ0) is 17.1. The highest BCUT2D eigenvalue weighted by atomic mass is 32.2. The van der Waals surface area contributed by atoms with Crippen LogP contribution in [0.5, 0.6) is 0 Å². The van der Waals surface area contributed by atoms with Crippen molar-refractivity contribution in [1.82, 2.24) is 4.90 Å². The predicted molar refractivity (Wildman–Crippen MR) is 94.5 cm³/mol. The molecule has 1 aromatic carbocycles. The van der Waals surface area contributed by atoms with Gasteiger partial charge in [0.1, 0.15) is 4.32 Å². The Hall–Kier alpha value is -1.66. The molecule has 0 aliphatic carbocycles. The first kappa shape index (κ1) is 17.7. The van der Waals surface area contributed by atoms with Gasteiger partial charge in [0.15, 0.2) is 0 Å². The van der Waals surface area contributed by atoms with Gasteiger partial charge in [-0.2, -0.15) is 0 Å². The minimum absolute atomic E-state index is 0.259. The minimum atomic E-state index is -1.29. The molecule has 0 saturated carbocycles. The van der Waals surface area contributed by atoms with Crippen LogP contribution in [0, 0.1) is 5.92 Å². The van der Waals surface area contributed by atoms with Crippen molar-refractivity contribution in [2.24, 2.45) is 5.92 Å². The van der Waals surface area contributed by atoms with Gasteiger partial charge in [-0.3, -0.25) is 9.69 Å². The zero-order valence-electron chi connectivity index (χ0n) is 13.2. The van der Waals surface area contributed by atoms with E-state index in [2.05, 4.69) is 6.92 Å². The second kappa shape index (κ2) is 7.27. The molecule has 122 valence electrons. The summed E-state index contributed by atoms with van der Waals surface area (Å²) < 4.78 is 0.259. The number of benzene rings is 1. The van der Waals surface area contributed by atoms with Crippen LogP contribution in [0.3, 0.4) is 0 Å². The fourth-order valence-corrected chi connectivity index (χ4v) is 3.73. The van der Waals surface area contributed by atoms with Gasteiger partial charge in [-0.15, -0.1) is 0 Å². The smallest absolute Gasteiger partial charge is 0.266 e. The number of nitrogens with zero attached hydrogens (tertiary/aromatic N) is 1. The first-order valence-electron chi connectivity index (χ1n) is 7.42. The maximum atomic E-state index is 12.6. The van der Waals surface area contributed by atoms with Crippen molar-refractivity contribution in [3.8, 4) is 0 Å². The second-order valence-electron chi connectivity index (χ2n) is 5.65. The number of rotatable bonds is 5. The summed E-state index contributed by atoms with van der Waals surface area (Å²) in [5.41, 5.74) is 2.10. The monoisotopic (exact) mass is 348 g/mol. The summed E-state index contributed by atoms with van der Waals surface area (Å²) in [6.07, 6.45) is 2.69. The molecule has 0 unspecified atom stereocenters. The van der Waals surface area contributed by atoms with Gasteiger partial charge in [-0.1, -0.05) is 69.0 Å². The Morgan fingerprint density at radius 1 is 1.35 bits per heavy atom. The average Bonchev–Trinajstić information content (AvgIpc) is 2.75. The van der Waals surface area contributed by atoms with Crippen LogP contribution in [0.15, 0.2) is 29.2 Å². The number of hydrogen-bond donors (Lipinski definition) is 0. The molecule has 6 heteroatoms. The number of carbonyl (C=O) groups is 2. The van der Waals surface area contributed by atoms with E-state index >= 15 is 0 Å². The molecule has 2 rings (SSSR count). The van der Waals surface area contributed by atoms with Gasteiger partial charge in [0.2, 0.25) is 0 Å². The number of hydrogen-bond acceptors (Lipinski definition) is 5. The van der Waals surface area contributed by atoms with E-state index in [-0.39, 0.29) is 16.1 Å². The summed E-state index contributed by atoms with van der Waals surface area (Å²) >= 11 is 6.33. The van der Waals surface area contributed by atoms with Gasteiger partial charge >= 0.3 is 0 Å². The molecular formula is C17H18NO3S2-. The van der Waals surface area contributed by atoms with E-state index in [0.717, 1.165) is 28.6 Å². The molecule has 1 fully saturated rings. The predicted octanol–water partition coefficient (Wildman–Crippen LogP) is 2.22. The first-order valence-corrected chi connectivity index (χ1v) is 8.64. The highest BCUT2D eigenvalue weighted by Crippen LogP contribution is 2.35. The normalized spacial score (nSPS) is 18.1. The number of thioether (sulfide) groups is 1. The van der Waals surface area contributed by atoms with Crippen molar-refractivity contribution in [3.63, 3.8) is 0 Å². The van der Waals surface area contributed by atoms with Gasteiger partial charge in [0.25, 0.3) is 5.91 Å². The summed E-state index contributed by atoms with van der Waals surface area (Å²) in [6.45, 7) is 5.53. The Kier molecular flexibility index (Phi) is 5.59. The lowest BCUT2D eigenvalue weighted by atomic mass is 10.0. The highest BCUT2D eigenvalue weighted by molar-refractivity contribution is 8.26. The van der Waals surface area contributed by atoms with Crippen LogP contribution in [-0.2, 0) is 16.0 Å². The maximum absolute atomic E-state index is 12.6. The van der Waals surface area contributed by atoms with E-state index in [1.807, 2.05) is 24.3 Å². The number of carboxylic acids is 1. The fourth-order valence-electron chi connectivity index (χ4n) is 2.40. The number of thiocarbonyl (C=S) groups is 1. The van der Waals surface area contributed by atoms with Gasteiger partial charge in [-0.25, -0.2) is 0 Å². The Labute approximate surface area is 145 Å². The standard InChI is InChI=1S/C17H19NO3S2/c1-4-11-5-7-12(8-6-11)9-13-15(19)18(17(22)23-13)14(10(2)3)16(20)21/h5-10,14H,4H2,1-3H3,(H,20,21)/p-1/b13-9-/t14-/m0/s1. The third-order valence-corrected chi connectivity index (χ3v) is 4.99. The number of aryl methyl sites for hydroxylation is 1. The quantitative estimate of drug-likeness (QED) is 0.603. The van der Waals surface area contributed by atoms with Crippen LogP contribution < -0.4 is 5.11 Å². The molecule has 1 saturated heterocycles. The maximum Gasteiger partial charge on any atom is 0.266 e. The molecule has 1 amide bonds. The van der Waals surface area contributed by atoms with Crippen LogP contribution in [0.2, 0.25) is 0 Å². The lowest BCUT2D eigenvalue weighted by molar-refractivity contribution is -0.311. The summed E-state index contributed by atoms with van der Waals surface area (Å²) in [4.78, 5) is 25.5. The van der Waals surface area contributed by atoms with E-state index in [1.54, 1.807) is 19.9 Å². The third kappa shape index (κ3) is 3.82. The van der Waals surface area contributed by atoms with Crippen molar-refractivity contribution < 1.29 is 14.7 Å². The molecule has 0 aromatic heterocycles. The molecule has 0 bridgehead atoms. The van der Waals surface area contributed by atoms with Gasteiger partial charge in [0, 0.05) is 0 Å². The topological polar surface area (TPSA) is 60.4 Å². The Morgan fingerprint density at radius 3 is 2.43 bits per heavy atom. The molecule has 0 spiro atoms. The van der Waals surface area contributed by atoms with Gasteiger partial charge < -0.3 is 9.90 Å². The molecule has 1 aliphatic heterocycles. The van der Waals surface area contributed by atoms with Crippen LogP contribution in [0.1, 0.15) is 31.9 Å². The van der Waals surface area contributed by atoms with Gasteiger partial charge in [-0.05, 0) is 29.5 Å². The highest BCUT2D eigenvalue weighted by Gasteiger charge is 2.38. The molecule has 4 nitrogen and oxygen atoms in total. The van der Waals surface area contributed by atoms with E-state index in [0.29, 0.717) is 4.91 Å². The molecule has 1 aliphatic rings. The van der Waals surface area contributed by atoms with Crippen molar-refractivity contribution >= 4 is 46.3 Å². The molecule has 0 radical (unpaired) electrons. The van der Waals surface area contributed by atoms with Crippen molar-refractivity contribution in [3.05, 3.63) is 40.3 Å². The Bertz CT molecular complexity index is 665. The number of aliphatic carboxylic acids is 1. The van der Waals surface area contributed by atoms with Gasteiger partial charge in [0.05, 0.1) is 16.9 Å². The SMILES string of the molecule is CCc1ccc(/C=C2\SC(=S)N([C@H](C(=O)[O-])C(C)C)C2=O)cc1. The average molecular weight is 348 g/mol. The summed E-state index contributed by atoms with van der Waals surface area (Å²) in [6, 6.07) is 6.83. The van der Waals surface area contributed by atoms with Crippen molar-refractivity contribution in [2.45, 2.75) is 33.2 Å². The van der Waals surface area contributed by atoms with Crippen LogP contribution in [-0.4, -0.2) is 27.1 Å². The van der Waals surface area contributed by atoms with E-state index in [1.165, 1.54) is 5.56 Å². The summed E-state index contributed by atoms with van der Waals surface area (Å²) in [5, 5.41) is 11.4. The number of amides is 1. The van der Waals surface area contributed by atoms with Crippen LogP contribution in [0.4, 0.5) is 0 Å². The number of carboxylic acid groups (broad SMARTS) is 1. The lowest BCUT2D eigenvalue weighted by Crippen LogP contribution is -2.52. The van der Waals surface area contributed by atoms with Crippen molar-refractivity contribution in [2.75, 3.05) is 0 Å². The zero-order valence-corrected chi connectivity index (χ0v) is 14.9. The summed E-state index contributed by atoms with van der Waals surface area (Å²) in [7, 11) is 0. The molecule has 0 N–H and O–H groups in total. The Morgan fingerprint density at radius 2 is 1.96 bits per heavy atom. The fraction of sp³-hybridized carbons (Fsp3) is 0.353. The summed E-state index contributed by atoms with van der Waals surface area (Å²) in [5.74, 6) is -1.95. The third-order valence-electron chi connectivity index (χ3n) is 3.66. The largest absolute Gasteiger partial charge is 0.548 e. The Balaban J connectivity index is 2.29. The molecular weight excluding hydrogens is 330 g/mol. The molecule has 1 heterocycles. The molecule has 1 atom stereocenters.